The Morgan fingerprint density at radius 2 is 1.95 bits per heavy atom. The van der Waals surface area contributed by atoms with Crippen molar-refractivity contribution in [2.45, 2.75) is 19.8 Å². The molecule has 0 spiro atoms. The van der Waals surface area contributed by atoms with Crippen LogP contribution in [-0.4, -0.2) is 11.8 Å². The van der Waals surface area contributed by atoms with Gasteiger partial charge in [-0.1, -0.05) is 0 Å². The highest BCUT2D eigenvalue weighted by Crippen LogP contribution is 2.31. The van der Waals surface area contributed by atoms with Gasteiger partial charge in [0.05, 0.1) is 9.88 Å². The lowest BCUT2D eigenvalue weighted by atomic mass is 10.2. The summed E-state index contributed by atoms with van der Waals surface area (Å²) in [5, 5.41) is 6.49. The fourth-order valence-corrected chi connectivity index (χ4v) is 3.50. The zero-order valence-corrected chi connectivity index (χ0v) is 15.0. The van der Waals surface area contributed by atoms with Gasteiger partial charge in [0, 0.05) is 15.2 Å². The van der Waals surface area contributed by atoms with Gasteiger partial charge in [-0.05, 0) is 78.3 Å². The number of anilines is 2. The molecular weight excluding hydrogens is 411 g/mol. The summed E-state index contributed by atoms with van der Waals surface area (Å²) in [4.78, 5) is 24.6. The maximum Gasteiger partial charge on any atom is 0.265 e. The van der Waals surface area contributed by atoms with Crippen LogP contribution in [0.1, 0.15) is 28.1 Å². The minimum Gasteiger partial charge on any atom is -0.321 e. The lowest BCUT2D eigenvalue weighted by Crippen LogP contribution is -2.12. The lowest BCUT2D eigenvalue weighted by Gasteiger charge is -2.07. The Morgan fingerprint density at radius 3 is 2.64 bits per heavy atom. The Bertz CT molecular complexity index is 737. The molecule has 2 aromatic rings. The van der Waals surface area contributed by atoms with Crippen LogP contribution in [0.15, 0.2) is 30.3 Å². The van der Waals surface area contributed by atoms with Crippen LogP contribution in [0.4, 0.5) is 10.7 Å². The molecule has 1 saturated carbocycles. The predicted molar refractivity (Wildman–Crippen MR) is 97.5 cm³/mol. The maximum absolute atomic E-state index is 12.3. The quantitative estimate of drug-likeness (QED) is 0.718. The fraction of sp³-hybridized carbons (Fsp3) is 0.250. The van der Waals surface area contributed by atoms with E-state index in [0.29, 0.717) is 4.88 Å². The Labute approximate surface area is 146 Å². The Hall–Kier alpha value is -1.41. The van der Waals surface area contributed by atoms with Crippen LogP contribution in [0.2, 0.25) is 0 Å². The smallest absolute Gasteiger partial charge is 0.265 e. The number of hydrogen-bond donors (Lipinski definition) is 2. The highest BCUT2D eigenvalue weighted by Gasteiger charge is 2.29. The van der Waals surface area contributed by atoms with Crippen molar-refractivity contribution >= 4 is 56.4 Å². The van der Waals surface area contributed by atoms with E-state index in [-0.39, 0.29) is 17.7 Å². The monoisotopic (exact) mass is 426 g/mol. The molecule has 2 N–H and O–H groups in total. The van der Waals surface area contributed by atoms with E-state index in [1.165, 1.54) is 11.3 Å². The van der Waals surface area contributed by atoms with Crippen molar-refractivity contribution in [1.82, 2.24) is 0 Å². The highest BCUT2D eigenvalue weighted by atomic mass is 127. The molecule has 1 aromatic heterocycles. The summed E-state index contributed by atoms with van der Waals surface area (Å²) < 4.78 is 1.13. The number of amides is 2. The van der Waals surface area contributed by atoms with Gasteiger partial charge in [0.25, 0.3) is 5.91 Å². The van der Waals surface area contributed by atoms with Crippen LogP contribution < -0.4 is 10.6 Å². The molecule has 2 amide bonds. The van der Waals surface area contributed by atoms with E-state index < -0.39 is 0 Å². The summed E-state index contributed by atoms with van der Waals surface area (Å²) in [5.74, 6) is 0.0670. The number of rotatable bonds is 4. The molecule has 1 aliphatic carbocycles. The van der Waals surface area contributed by atoms with Gasteiger partial charge in [-0.2, -0.15) is 0 Å². The number of carbonyl (C=O) groups is 2. The predicted octanol–water partition coefficient (Wildman–Crippen LogP) is 4.26. The van der Waals surface area contributed by atoms with Crippen LogP contribution >= 0.6 is 33.9 Å². The molecule has 0 bridgehead atoms. The lowest BCUT2D eigenvalue weighted by molar-refractivity contribution is -0.117. The molecule has 0 aliphatic heterocycles. The molecule has 114 valence electrons. The van der Waals surface area contributed by atoms with Crippen molar-refractivity contribution in [3.8, 4) is 0 Å². The molecule has 0 atom stereocenters. The number of benzene rings is 1. The van der Waals surface area contributed by atoms with Crippen molar-refractivity contribution in [3.05, 3.63) is 44.3 Å². The second kappa shape index (κ2) is 6.37. The molecule has 22 heavy (non-hydrogen) atoms. The van der Waals surface area contributed by atoms with E-state index in [1.54, 1.807) is 12.1 Å². The van der Waals surface area contributed by atoms with Crippen LogP contribution in [0.5, 0.6) is 0 Å². The molecule has 1 fully saturated rings. The standard InChI is InChI=1S/C16H15IN2O2S/c1-9-8-11(17)4-5-12(9)18-16(21)13-6-7-14(22-13)19-15(20)10-2-3-10/h4-8,10H,2-3H2,1H3,(H,18,21)(H,19,20). The largest absolute Gasteiger partial charge is 0.321 e. The first kappa shape index (κ1) is 15.5. The van der Waals surface area contributed by atoms with Crippen molar-refractivity contribution < 1.29 is 9.59 Å². The summed E-state index contributed by atoms with van der Waals surface area (Å²) in [6.45, 7) is 1.97. The second-order valence-electron chi connectivity index (χ2n) is 5.34. The molecular formula is C16H15IN2O2S. The molecule has 6 heteroatoms. The van der Waals surface area contributed by atoms with Crippen LogP contribution in [-0.2, 0) is 4.79 Å². The molecule has 3 rings (SSSR count). The third-order valence-corrected chi connectivity index (χ3v) is 5.13. The summed E-state index contributed by atoms with van der Waals surface area (Å²) >= 11 is 3.54. The van der Waals surface area contributed by atoms with E-state index >= 15 is 0 Å². The molecule has 0 unspecified atom stereocenters. The molecule has 1 aromatic carbocycles. The van der Waals surface area contributed by atoms with Crippen molar-refractivity contribution in [3.63, 3.8) is 0 Å². The average Bonchev–Trinajstić information content (AvgIpc) is 3.22. The number of halogens is 1. The first-order chi connectivity index (χ1) is 10.5. The van der Waals surface area contributed by atoms with Crippen molar-refractivity contribution in [1.29, 1.82) is 0 Å². The maximum atomic E-state index is 12.3. The van der Waals surface area contributed by atoms with E-state index in [9.17, 15) is 9.59 Å². The van der Waals surface area contributed by atoms with E-state index in [4.69, 9.17) is 0 Å². The highest BCUT2D eigenvalue weighted by molar-refractivity contribution is 14.1. The molecule has 0 saturated heterocycles. The normalized spacial score (nSPS) is 13.7. The second-order valence-corrected chi connectivity index (χ2v) is 7.67. The zero-order valence-electron chi connectivity index (χ0n) is 12.0. The number of thiophene rings is 1. The third kappa shape index (κ3) is 3.67. The fourth-order valence-electron chi connectivity index (χ4n) is 2.05. The summed E-state index contributed by atoms with van der Waals surface area (Å²) in [5.41, 5.74) is 1.83. The zero-order chi connectivity index (χ0) is 15.7. The van der Waals surface area contributed by atoms with Crippen LogP contribution in [0, 0.1) is 16.4 Å². The van der Waals surface area contributed by atoms with E-state index in [1.807, 2.05) is 25.1 Å². The summed E-state index contributed by atoms with van der Waals surface area (Å²) in [6, 6.07) is 9.40. The average molecular weight is 426 g/mol. The number of aryl methyl sites for hydroxylation is 1. The number of hydrogen-bond acceptors (Lipinski definition) is 3. The summed E-state index contributed by atoms with van der Waals surface area (Å²) in [6.07, 6.45) is 1.94. The van der Waals surface area contributed by atoms with E-state index in [2.05, 4.69) is 33.2 Å². The Balaban J connectivity index is 1.67. The van der Waals surface area contributed by atoms with Crippen LogP contribution in [0.3, 0.4) is 0 Å². The van der Waals surface area contributed by atoms with Crippen molar-refractivity contribution in [2.75, 3.05) is 10.6 Å². The molecule has 1 aliphatic rings. The van der Waals surface area contributed by atoms with Gasteiger partial charge in [0.2, 0.25) is 5.91 Å². The Morgan fingerprint density at radius 1 is 1.18 bits per heavy atom. The molecule has 1 heterocycles. The third-order valence-electron chi connectivity index (χ3n) is 3.46. The van der Waals surface area contributed by atoms with Gasteiger partial charge >= 0.3 is 0 Å². The van der Waals surface area contributed by atoms with Gasteiger partial charge in [-0.3, -0.25) is 9.59 Å². The van der Waals surface area contributed by atoms with Gasteiger partial charge < -0.3 is 10.6 Å². The first-order valence-corrected chi connectivity index (χ1v) is 8.90. The van der Waals surface area contributed by atoms with Gasteiger partial charge in [-0.25, -0.2) is 0 Å². The number of carbonyl (C=O) groups excluding carboxylic acids is 2. The topological polar surface area (TPSA) is 58.2 Å². The van der Waals surface area contributed by atoms with Gasteiger partial charge in [0.1, 0.15) is 0 Å². The molecule has 4 nitrogen and oxygen atoms in total. The van der Waals surface area contributed by atoms with Crippen LogP contribution in [0.25, 0.3) is 0 Å². The minimum atomic E-state index is -0.152. The first-order valence-electron chi connectivity index (χ1n) is 7.01. The number of nitrogens with one attached hydrogen (secondary N) is 2. The minimum absolute atomic E-state index is 0.0577. The SMILES string of the molecule is Cc1cc(I)ccc1NC(=O)c1ccc(NC(=O)C2CC2)s1. The van der Waals surface area contributed by atoms with E-state index in [0.717, 1.165) is 32.7 Å². The Kier molecular flexibility index (Phi) is 4.49. The molecule has 0 radical (unpaired) electrons. The van der Waals surface area contributed by atoms with Crippen molar-refractivity contribution in [2.24, 2.45) is 5.92 Å². The summed E-state index contributed by atoms with van der Waals surface area (Å²) in [7, 11) is 0. The van der Waals surface area contributed by atoms with Gasteiger partial charge in [0.15, 0.2) is 0 Å². The van der Waals surface area contributed by atoms with Gasteiger partial charge in [-0.15, -0.1) is 11.3 Å².